The number of amides is 1. The Morgan fingerprint density at radius 2 is 1.86 bits per heavy atom. The number of carbonyl (C=O) groups is 1. The van der Waals surface area contributed by atoms with E-state index in [0.29, 0.717) is 23.8 Å². The number of pyridine rings is 1. The van der Waals surface area contributed by atoms with Crippen LogP contribution < -0.4 is 10.3 Å². The first kappa shape index (κ1) is 22.2. The number of hydrogen-bond donors (Lipinski definition) is 1. The van der Waals surface area contributed by atoms with E-state index in [4.69, 9.17) is 0 Å². The molecule has 174 valence electrons. The Morgan fingerprint density at radius 1 is 1.03 bits per heavy atom. The lowest BCUT2D eigenvalue weighted by molar-refractivity contribution is -0.114. The fraction of sp³-hybridized carbons (Fsp3) is 0.160. The SMILES string of the molecule is Cc1cncc(-n2cc(C(C)NCc3ccncc3)cc2/C=C2\C=NN(c3cnccn3)C2=O)n1. The van der Waals surface area contributed by atoms with Crippen LogP contribution in [-0.4, -0.2) is 41.6 Å². The van der Waals surface area contributed by atoms with Gasteiger partial charge in [-0.3, -0.25) is 19.7 Å². The van der Waals surface area contributed by atoms with Crippen molar-refractivity contribution in [2.24, 2.45) is 5.10 Å². The third-order valence-corrected chi connectivity index (χ3v) is 5.54. The van der Waals surface area contributed by atoms with Crippen LogP contribution in [0.15, 0.2) is 78.4 Å². The van der Waals surface area contributed by atoms with Crippen LogP contribution in [0.25, 0.3) is 11.9 Å². The zero-order valence-electron chi connectivity index (χ0n) is 19.3. The van der Waals surface area contributed by atoms with Crippen molar-refractivity contribution >= 4 is 24.0 Å². The highest BCUT2D eigenvalue weighted by Crippen LogP contribution is 2.24. The molecule has 0 radical (unpaired) electrons. The van der Waals surface area contributed by atoms with Gasteiger partial charge in [-0.2, -0.15) is 10.1 Å². The number of carbonyl (C=O) groups excluding carboxylic acids is 1. The Hall–Kier alpha value is -4.57. The van der Waals surface area contributed by atoms with Gasteiger partial charge >= 0.3 is 0 Å². The first-order chi connectivity index (χ1) is 17.1. The molecule has 0 fully saturated rings. The lowest BCUT2D eigenvalue weighted by Gasteiger charge is -2.12. The van der Waals surface area contributed by atoms with Gasteiger partial charge in [0.2, 0.25) is 0 Å². The fourth-order valence-electron chi connectivity index (χ4n) is 3.68. The maximum Gasteiger partial charge on any atom is 0.281 e. The second kappa shape index (κ2) is 9.74. The highest BCUT2D eigenvalue weighted by atomic mass is 16.2. The van der Waals surface area contributed by atoms with E-state index in [-0.39, 0.29) is 11.9 Å². The predicted octanol–water partition coefficient (Wildman–Crippen LogP) is 3.03. The normalized spacial score (nSPS) is 15.2. The van der Waals surface area contributed by atoms with Crippen molar-refractivity contribution in [1.29, 1.82) is 0 Å². The van der Waals surface area contributed by atoms with Gasteiger partial charge in [-0.25, -0.2) is 9.97 Å². The van der Waals surface area contributed by atoms with Gasteiger partial charge in [-0.1, -0.05) is 0 Å². The lowest BCUT2D eigenvalue weighted by atomic mass is 10.1. The van der Waals surface area contributed by atoms with Gasteiger partial charge in [0, 0.05) is 55.5 Å². The van der Waals surface area contributed by atoms with Crippen LogP contribution in [0.5, 0.6) is 0 Å². The molecule has 5 rings (SSSR count). The summed E-state index contributed by atoms with van der Waals surface area (Å²) in [6.45, 7) is 4.69. The van der Waals surface area contributed by atoms with E-state index in [1.165, 1.54) is 23.6 Å². The van der Waals surface area contributed by atoms with Gasteiger partial charge < -0.3 is 9.88 Å². The molecule has 10 heteroatoms. The molecule has 5 heterocycles. The summed E-state index contributed by atoms with van der Waals surface area (Å²) < 4.78 is 1.93. The molecule has 1 aliphatic rings. The Kier molecular flexibility index (Phi) is 6.18. The molecule has 1 N–H and O–H groups in total. The third-order valence-electron chi connectivity index (χ3n) is 5.54. The van der Waals surface area contributed by atoms with Crippen LogP contribution in [0.3, 0.4) is 0 Å². The molecular weight excluding hydrogens is 442 g/mol. The average Bonchev–Trinajstić information content (AvgIpc) is 3.48. The largest absolute Gasteiger partial charge is 0.306 e. The smallest absolute Gasteiger partial charge is 0.281 e. The van der Waals surface area contributed by atoms with Gasteiger partial charge in [0.25, 0.3) is 5.91 Å². The topological polar surface area (TPSA) is 114 Å². The molecule has 0 saturated carbocycles. The molecule has 1 unspecified atom stereocenters. The minimum atomic E-state index is -0.279. The molecule has 1 amide bonds. The summed E-state index contributed by atoms with van der Waals surface area (Å²) in [5.41, 5.74) is 4.21. The van der Waals surface area contributed by atoms with Gasteiger partial charge in [0.15, 0.2) is 11.6 Å². The summed E-state index contributed by atoms with van der Waals surface area (Å²) in [7, 11) is 0. The zero-order valence-corrected chi connectivity index (χ0v) is 19.3. The van der Waals surface area contributed by atoms with Crippen molar-refractivity contribution in [3.05, 3.63) is 95.9 Å². The second-order valence-electron chi connectivity index (χ2n) is 8.07. The highest BCUT2D eigenvalue weighted by molar-refractivity contribution is 6.25. The zero-order chi connectivity index (χ0) is 24.2. The monoisotopic (exact) mass is 465 g/mol. The minimum absolute atomic E-state index is 0.0448. The van der Waals surface area contributed by atoms with E-state index in [2.05, 4.69) is 42.3 Å². The maximum absolute atomic E-state index is 13.0. The molecule has 0 aromatic carbocycles. The molecule has 0 spiro atoms. The second-order valence-corrected chi connectivity index (χ2v) is 8.07. The summed E-state index contributed by atoms with van der Waals surface area (Å²) in [5, 5.41) is 8.99. The van der Waals surface area contributed by atoms with Crippen molar-refractivity contribution in [3.8, 4) is 5.82 Å². The summed E-state index contributed by atoms with van der Waals surface area (Å²) >= 11 is 0. The lowest BCUT2D eigenvalue weighted by Crippen LogP contribution is -2.22. The van der Waals surface area contributed by atoms with E-state index in [0.717, 1.165) is 22.5 Å². The summed E-state index contributed by atoms with van der Waals surface area (Å²) in [5.74, 6) is 0.753. The molecule has 1 aliphatic heterocycles. The van der Waals surface area contributed by atoms with Crippen LogP contribution in [-0.2, 0) is 11.3 Å². The fourth-order valence-corrected chi connectivity index (χ4v) is 3.68. The third kappa shape index (κ3) is 4.87. The Balaban J connectivity index is 1.46. The molecule has 1 atom stereocenters. The van der Waals surface area contributed by atoms with Crippen LogP contribution in [0, 0.1) is 6.92 Å². The van der Waals surface area contributed by atoms with E-state index in [1.54, 1.807) is 37.1 Å². The summed E-state index contributed by atoms with van der Waals surface area (Å²) in [6.07, 6.45) is 16.9. The standard InChI is InChI=1S/C25H23N9O/c1-17-11-28-15-24(32-17)33-16-21(18(2)30-12-19-3-5-26-6-4-19)10-22(33)9-20-13-31-34(25(20)35)23-14-27-7-8-29-23/h3-11,13-16,18,30H,12H2,1-2H3/b20-9+. The first-order valence-corrected chi connectivity index (χ1v) is 11.1. The van der Waals surface area contributed by atoms with Crippen LogP contribution in [0.2, 0.25) is 0 Å². The molecule has 0 saturated heterocycles. The highest BCUT2D eigenvalue weighted by Gasteiger charge is 2.26. The molecular formula is C25H23N9O. The number of hydrogen-bond acceptors (Lipinski definition) is 8. The van der Waals surface area contributed by atoms with Gasteiger partial charge in [-0.05, 0) is 49.2 Å². The van der Waals surface area contributed by atoms with Crippen molar-refractivity contribution in [2.45, 2.75) is 26.4 Å². The molecule has 35 heavy (non-hydrogen) atoms. The average molecular weight is 466 g/mol. The van der Waals surface area contributed by atoms with E-state index in [1.807, 2.05) is 35.9 Å². The predicted molar refractivity (Wildman–Crippen MR) is 132 cm³/mol. The molecule has 0 aliphatic carbocycles. The number of aromatic nitrogens is 6. The molecule has 0 bridgehead atoms. The number of nitrogens with one attached hydrogen (secondary N) is 1. The van der Waals surface area contributed by atoms with Gasteiger partial charge in [0.1, 0.15) is 0 Å². The van der Waals surface area contributed by atoms with Gasteiger partial charge in [-0.15, -0.1) is 0 Å². The van der Waals surface area contributed by atoms with E-state index >= 15 is 0 Å². The summed E-state index contributed by atoms with van der Waals surface area (Å²) in [4.78, 5) is 34.2. The Bertz CT molecular complexity index is 1400. The van der Waals surface area contributed by atoms with Crippen molar-refractivity contribution in [2.75, 3.05) is 5.01 Å². The van der Waals surface area contributed by atoms with Crippen LogP contribution in [0.1, 0.15) is 35.5 Å². The van der Waals surface area contributed by atoms with Gasteiger partial charge in [0.05, 0.1) is 29.9 Å². The molecule has 4 aromatic rings. The quantitative estimate of drug-likeness (QED) is 0.417. The Morgan fingerprint density at radius 3 is 2.63 bits per heavy atom. The van der Waals surface area contributed by atoms with Crippen molar-refractivity contribution in [1.82, 2.24) is 34.8 Å². The van der Waals surface area contributed by atoms with E-state index < -0.39 is 0 Å². The molecule has 4 aromatic heterocycles. The number of aryl methyl sites for hydroxylation is 1. The summed E-state index contributed by atoms with van der Waals surface area (Å²) in [6, 6.07) is 6.05. The van der Waals surface area contributed by atoms with Crippen LogP contribution in [0.4, 0.5) is 5.82 Å². The number of hydrazone groups is 1. The maximum atomic E-state index is 13.0. The number of anilines is 1. The van der Waals surface area contributed by atoms with E-state index in [9.17, 15) is 4.79 Å². The first-order valence-electron chi connectivity index (χ1n) is 11.1. The molecule has 10 nitrogen and oxygen atoms in total. The Labute approximate surface area is 202 Å². The van der Waals surface area contributed by atoms with Crippen molar-refractivity contribution < 1.29 is 4.79 Å². The van der Waals surface area contributed by atoms with Crippen LogP contribution >= 0.6 is 0 Å². The minimum Gasteiger partial charge on any atom is -0.306 e. The number of nitrogens with zero attached hydrogens (tertiary/aromatic N) is 8. The number of rotatable bonds is 7. The van der Waals surface area contributed by atoms with Crippen molar-refractivity contribution in [3.63, 3.8) is 0 Å².